The third-order valence-corrected chi connectivity index (χ3v) is 11.4. The lowest BCUT2D eigenvalue weighted by Crippen LogP contribution is -2.81. The largest absolute Gasteiger partial charge is 0.513 e. The molecule has 0 aliphatic rings. The quantitative estimate of drug-likeness (QED) is 0.0290. The Morgan fingerprint density at radius 3 is 0.938 bits per heavy atom. The van der Waals surface area contributed by atoms with E-state index in [2.05, 4.69) is 35.3 Å². The average molecular weight is 968 g/mol. The van der Waals surface area contributed by atoms with Crippen LogP contribution in [0.15, 0.2) is 59.5 Å². The van der Waals surface area contributed by atoms with Crippen LogP contribution in [0, 0.1) is 116 Å². The van der Waals surface area contributed by atoms with Gasteiger partial charge in [0.2, 0.25) is 0 Å². The van der Waals surface area contributed by atoms with Gasteiger partial charge < -0.3 is 9.47 Å². The summed E-state index contributed by atoms with van der Waals surface area (Å²) in [7, 11) is 1.41. The molecule has 0 amide bonds. The maximum Gasteiger partial charge on any atom is 0.513 e. The van der Waals surface area contributed by atoms with Crippen LogP contribution < -0.4 is 26.6 Å². The molecule has 0 aliphatic carbocycles. The number of carbonyl (C=O) groups is 1. The smallest absolute Gasteiger partial charge is 0.437 e. The SMILES string of the molecule is COC(=O)Oc1ccc([S+](C)Cc2ccccc2)cc1.Fc1c(F)c(F)c([B-](c2c(F)c(F)c(F)c(F)c2F)(c2c(F)c(F)c(F)c(F)c2F)c2c(F)c(F)c(F)c(F)c2F)c(F)c1F. The van der Waals surface area contributed by atoms with E-state index in [-0.39, 0.29) is 10.9 Å². The normalized spacial score (nSPS) is 11.9. The highest BCUT2D eigenvalue weighted by atomic mass is 32.2. The standard InChI is InChI=1S/C24BF20.C16H17O3S/c26-5-1(6(27)14(35)21(42)13(5)34)25(2-7(28)15(36)22(43)16(37)8(2)29,3-9(30)17(38)23(44)18(39)10(3)31)4-11(32)19(40)24(45)20(41)12(4)33;1-18-16(17)19-14-8-10-15(11-9-14)20(2)12-13-6-4-3-5-7-13/h;3-11H,12H2,1-2H3/q-1;+1. The van der Waals surface area contributed by atoms with Gasteiger partial charge in [-0.2, -0.15) is 0 Å². The van der Waals surface area contributed by atoms with Gasteiger partial charge in [0.25, 0.3) is 0 Å². The summed E-state index contributed by atoms with van der Waals surface area (Å²) in [5.74, 6) is -69.9. The number of benzene rings is 6. The molecule has 1 unspecified atom stereocenters. The molecule has 0 spiro atoms. The molecule has 3 nitrogen and oxygen atoms in total. The predicted octanol–water partition coefficient (Wildman–Crippen LogP) is 9.48. The Morgan fingerprint density at radius 1 is 0.415 bits per heavy atom. The lowest BCUT2D eigenvalue weighted by atomic mass is 9.12. The Hall–Kier alpha value is -6.40. The van der Waals surface area contributed by atoms with Gasteiger partial charge in [0, 0.05) is 16.5 Å². The van der Waals surface area contributed by atoms with Gasteiger partial charge in [0.05, 0.1) is 7.11 Å². The fourth-order valence-electron chi connectivity index (χ4n) is 6.66. The second-order valence-electron chi connectivity index (χ2n) is 13.1. The van der Waals surface area contributed by atoms with Crippen LogP contribution in [0.4, 0.5) is 92.6 Å². The summed E-state index contributed by atoms with van der Waals surface area (Å²) in [5.41, 5.74) is -13.0. The molecular weight excluding hydrogens is 951 g/mol. The third kappa shape index (κ3) is 8.40. The van der Waals surface area contributed by atoms with Crippen molar-refractivity contribution < 1.29 is 102 Å². The number of methoxy groups -OCH3 is 1. The molecule has 0 bridgehead atoms. The highest BCUT2D eigenvalue weighted by molar-refractivity contribution is 7.95. The van der Waals surface area contributed by atoms with E-state index in [0.717, 1.165) is 5.75 Å². The van der Waals surface area contributed by atoms with E-state index in [1.807, 2.05) is 18.2 Å². The molecule has 65 heavy (non-hydrogen) atoms. The molecule has 1 atom stereocenters. The van der Waals surface area contributed by atoms with E-state index in [9.17, 15) is 57.5 Å². The first-order valence-corrected chi connectivity index (χ1v) is 18.9. The fraction of sp³-hybridized carbons (Fsp3) is 0.0750. The molecule has 25 heteroatoms. The van der Waals surface area contributed by atoms with Crippen molar-refractivity contribution >= 4 is 45.0 Å². The Bertz CT molecular complexity index is 2470. The zero-order chi connectivity index (χ0) is 48.7. The van der Waals surface area contributed by atoms with Crippen LogP contribution >= 0.6 is 0 Å². The number of carbonyl (C=O) groups excluding carboxylic acids is 1. The van der Waals surface area contributed by atoms with Crippen LogP contribution in [-0.2, 0) is 21.4 Å². The van der Waals surface area contributed by atoms with Gasteiger partial charge in [0.1, 0.15) is 70.4 Å². The van der Waals surface area contributed by atoms with Crippen molar-refractivity contribution in [2.45, 2.75) is 10.6 Å². The van der Waals surface area contributed by atoms with Crippen molar-refractivity contribution in [1.29, 1.82) is 0 Å². The third-order valence-electron chi connectivity index (χ3n) is 9.53. The minimum Gasteiger partial charge on any atom is -0.437 e. The summed E-state index contributed by atoms with van der Waals surface area (Å²) in [4.78, 5) is 12.2. The molecular formula is C40H17BF20O3S. The summed E-state index contributed by atoms with van der Waals surface area (Å²) in [6.45, 7) is 0. The highest BCUT2D eigenvalue weighted by Gasteiger charge is 2.52. The van der Waals surface area contributed by atoms with E-state index in [1.165, 1.54) is 17.6 Å². The minimum absolute atomic E-state index is 0.121. The van der Waals surface area contributed by atoms with Gasteiger partial charge in [-0.25, -0.2) is 92.6 Å². The van der Waals surface area contributed by atoms with Gasteiger partial charge in [-0.05, 0) is 24.3 Å². The van der Waals surface area contributed by atoms with Crippen molar-refractivity contribution in [2.75, 3.05) is 13.4 Å². The molecule has 0 aliphatic heterocycles. The summed E-state index contributed by atoms with van der Waals surface area (Å²) in [6, 6.07) is 18.0. The minimum atomic E-state index is -7.22. The summed E-state index contributed by atoms with van der Waals surface area (Å²) < 4.78 is 303. The predicted molar refractivity (Wildman–Crippen MR) is 190 cm³/mol. The zero-order valence-electron chi connectivity index (χ0n) is 31.7. The number of hydrogen-bond donors (Lipinski definition) is 0. The maximum atomic E-state index is 15.4. The monoisotopic (exact) mass is 968 g/mol. The molecule has 6 rings (SSSR count). The Labute approximate surface area is 353 Å². The summed E-state index contributed by atoms with van der Waals surface area (Å²) >= 11 is 0. The van der Waals surface area contributed by atoms with E-state index in [1.54, 1.807) is 12.1 Å². The topological polar surface area (TPSA) is 35.5 Å². The van der Waals surface area contributed by atoms with E-state index >= 15 is 35.1 Å². The van der Waals surface area contributed by atoms with Crippen molar-refractivity contribution in [1.82, 2.24) is 0 Å². The zero-order valence-corrected chi connectivity index (χ0v) is 32.5. The number of rotatable bonds is 8. The Kier molecular flexibility index (Phi) is 14.5. The first kappa shape index (κ1) is 49.6. The molecule has 0 radical (unpaired) electrons. The summed E-state index contributed by atoms with van der Waals surface area (Å²) in [6.07, 6.45) is -5.70. The molecule has 0 fully saturated rings. The second-order valence-corrected chi connectivity index (χ2v) is 15.1. The highest BCUT2D eigenvalue weighted by Crippen LogP contribution is 2.31. The number of halogens is 20. The van der Waals surface area contributed by atoms with Gasteiger partial charge in [-0.1, -0.05) is 30.3 Å². The van der Waals surface area contributed by atoms with Crippen molar-refractivity contribution in [3.63, 3.8) is 0 Å². The first-order chi connectivity index (χ1) is 30.4. The van der Waals surface area contributed by atoms with Crippen LogP contribution in [0.1, 0.15) is 5.56 Å². The molecule has 0 aromatic heterocycles. The average Bonchev–Trinajstić information content (AvgIpc) is 3.29. The molecule has 0 N–H and O–H groups in total. The molecule has 6 aromatic rings. The van der Waals surface area contributed by atoms with Gasteiger partial charge >= 0.3 is 6.16 Å². The Morgan fingerprint density at radius 2 is 0.677 bits per heavy atom. The number of hydrogen-bond acceptors (Lipinski definition) is 3. The van der Waals surface area contributed by atoms with Crippen LogP contribution in [0.3, 0.4) is 0 Å². The van der Waals surface area contributed by atoms with Crippen LogP contribution in [0.2, 0.25) is 0 Å². The van der Waals surface area contributed by atoms with E-state index < -0.39 is 150 Å². The first-order valence-electron chi connectivity index (χ1n) is 17.1. The maximum absolute atomic E-state index is 15.4. The lowest BCUT2D eigenvalue weighted by Gasteiger charge is -2.44. The van der Waals surface area contributed by atoms with E-state index in [0.29, 0.717) is 5.75 Å². The van der Waals surface area contributed by atoms with Crippen molar-refractivity contribution in [3.8, 4) is 5.75 Å². The molecule has 0 heterocycles. The van der Waals surface area contributed by atoms with Crippen molar-refractivity contribution in [3.05, 3.63) is 177 Å². The van der Waals surface area contributed by atoms with Gasteiger partial charge in [0.15, 0.2) is 74.7 Å². The van der Waals surface area contributed by atoms with Crippen LogP contribution in [0.25, 0.3) is 0 Å². The van der Waals surface area contributed by atoms with Gasteiger partial charge in [-0.15, -0.1) is 21.9 Å². The number of ether oxygens (including phenoxy) is 2. The Balaban J connectivity index is 0.000000330. The van der Waals surface area contributed by atoms with Crippen LogP contribution in [0.5, 0.6) is 5.75 Å². The van der Waals surface area contributed by atoms with Crippen molar-refractivity contribution in [2.24, 2.45) is 0 Å². The molecule has 0 saturated heterocycles. The lowest BCUT2D eigenvalue weighted by molar-refractivity contribution is 0.121. The fourth-order valence-corrected chi connectivity index (χ4v) is 8.12. The molecule has 0 saturated carbocycles. The van der Waals surface area contributed by atoms with Gasteiger partial charge in [-0.3, -0.25) is 0 Å². The summed E-state index contributed by atoms with van der Waals surface area (Å²) in [5, 5.41) is 0. The van der Waals surface area contributed by atoms with E-state index in [4.69, 9.17) is 4.74 Å². The molecule has 344 valence electrons. The van der Waals surface area contributed by atoms with Crippen LogP contribution in [-0.4, -0.2) is 25.7 Å². The molecule has 6 aromatic carbocycles. The second kappa shape index (κ2) is 19.0.